The van der Waals surface area contributed by atoms with Gasteiger partial charge in [0.15, 0.2) is 11.5 Å². The third-order valence-electron chi connectivity index (χ3n) is 5.37. The molecule has 1 aliphatic rings. The molecule has 0 spiro atoms. The lowest BCUT2D eigenvalue weighted by Gasteiger charge is -2.30. The van der Waals surface area contributed by atoms with Crippen molar-refractivity contribution in [2.24, 2.45) is 5.92 Å². The Morgan fingerprint density at radius 1 is 1.07 bits per heavy atom. The first-order valence-corrected chi connectivity index (χ1v) is 11.3. The molecule has 1 aliphatic heterocycles. The minimum Gasteiger partial charge on any atom is -0.493 e. The predicted octanol–water partition coefficient (Wildman–Crippen LogP) is 2.73. The van der Waals surface area contributed by atoms with Crippen LogP contribution in [0, 0.1) is 12.8 Å². The predicted molar refractivity (Wildman–Crippen MR) is 114 cm³/mol. The third-order valence-corrected chi connectivity index (χ3v) is 7.26. The molecule has 2 aromatic carbocycles. The number of aryl methyl sites for hydroxylation is 1. The molecule has 0 bridgehead atoms. The van der Waals surface area contributed by atoms with Crippen LogP contribution < -0.4 is 14.8 Å². The van der Waals surface area contributed by atoms with Crippen molar-refractivity contribution in [3.63, 3.8) is 0 Å². The van der Waals surface area contributed by atoms with Gasteiger partial charge in [-0.1, -0.05) is 29.8 Å². The van der Waals surface area contributed by atoms with E-state index in [1.54, 1.807) is 6.07 Å². The number of ether oxygens (including phenoxy) is 2. The van der Waals surface area contributed by atoms with Crippen LogP contribution in [0.2, 0.25) is 0 Å². The zero-order valence-corrected chi connectivity index (χ0v) is 18.4. The van der Waals surface area contributed by atoms with Gasteiger partial charge >= 0.3 is 0 Å². The van der Waals surface area contributed by atoms with Gasteiger partial charge in [0.2, 0.25) is 15.9 Å². The minimum absolute atomic E-state index is 0.0281. The second-order valence-corrected chi connectivity index (χ2v) is 9.34. The summed E-state index contributed by atoms with van der Waals surface area (Å²) in [5.74, 6) is 0.621. The molecule has 0 atom stereocenters. The Bertz CT molecular complexity index is 998. The van der Waals surface area contributed by atoms with Crippen LogP contribution in [0.25, 0.3) is 0 Å². The molecule has 8 heteroatoms. The fourth-order valence-corrected chi connectivity index (χ4v) is 5.13. The Morgan fingerprint density at radius 2 is 1.77 bits per heavy atom. The van der Waals surface area contributed by atoms with Crippen LogP contribution in [-0.4, -0.2) is 45.9 Å². The van der Waals surface area contributed by atoms with E-state index in [1.165, 1.54) is 30.7 Å². The van der Waals surface area contributed by atoms with Gasteiger partial charge < -0.3 is 14.8 Å². The number of carbonyl (C=O) groups excluding carboxylic acids is 1. The lowest BCUT2D eigenvalue weighted by Crippen LogP contribution is -2.42. The first-order valence-electron chi connectivity index (χ1n) is 9.90. The van der Waals surface area contributed by atoms with Gasteiger partial charge in [0, 0.05) is 31.6 Å². The van der Waals surface area contributed by atoms with E-state index in [0.29, 0.717) is 44.0 Å². The minimum atomic E-state index is -3.66. The summed E-state index contributed by atoms with van der Waals surface area (Å²) in [5.41, 5.74) is 2.20. The number of hydrogen-bond acceptors (Lipinski definition) is 5. The summed E-state index contributed by atoms with van der Waals surface area (Å²) in [6.45, 7) is 3.10. The van der Waals surface area contributed by atoms with Gasteiger partial charge in [-0.25, -0.2) is 8.42 Å². The van der Waals surface area contributed by atoms with E-state index < -0.39 is 10.0 Å². The van der Waals surface area contributed by atoms with Gasteiger partial charge in [-0.2, -0.15) is 4.31 Å². The molecule has 0 unspecified atom stereocenters. The second kappa shape index (κ2) is 9.49. The molecule has 2 aromatic rings. The number of nitrogens with one attached hydrogen (secondary N) is 1. The molecule has 1 heterocycles. The van der Waals surface area contributed by atoms with E-state index >= 15 is 0 Å². The number of piperidine rings is 1. The Hall–Kier alpha value is -2.58. The van der Waals surface area contributed by atoms with Crippen LogP contribution in [0.3, 0.4) is 0 Å². The standard InChI is InChI=1S/C22H28N2O5S/c1-16-5-4-6-17(13-16)15-23-22(25)18-9-11-24(12-10-18)30(26,27)19-7-8-20(28-2)21(14-19)29-3/h4-8,13-14,18H,9-12,15H2,1-3H3,(H,23,25). The number of hydrogen-bond donors (Lipinski definition) is 1. The molecule has 1 fully saturated rings. The molecule has 30 heavy (non-hydrogen) atoms. The largest absolute Gasteiger partial charge is 0.493 e. The molecule has 1 N–H and O–H groups in total. The van der Waals surface area contributed by atoms with E-state index in [9.17, 15) is 13.2 Å². The number of carbonyl (C=O) groups is 1. The Balaban J connectivity index is 1.59. The molecule has 0 radical (unpaired) electrons. The summed E-state index contributed by atoms with van der Waals surface area (Å²) in [7, 11) is -0.695. The molecule has 162 valence electrons. The third kappa shape index (κ3) is 4.94. The van der Waals surface area contributed by atoms with E-state index in [2.05, 4.69) is 5.32 Å². The molecular weight excluding hydrogens is 404 g/mol. The second-order valence-electron chi connectivity index (χ2n) is 7.40. The fraction of sp³-hybridized carbons (Fsp3) is 0.409. The van der Waals surface area contributed by atoms with Crippen molar-refractivity contribution in [1.29, 1.82) is 0 Å². The smallest absolute Gasteiger partial charge is 0.243 e. The molecule has 1 saturated heterocycles. The van der Waals surface area contributed by atoms with E-state index in [4.69, 9.17) is 9.47 Å². The molecule has 0 saturated carbocycles. The molecule has 1 amide bonds. The highest BCUT2D eigenvalue weighted by Crippen LogP contribution is 2.32. The number of sulfonamides is 1. The maximum absolute atomic E-state index is 13.0. The molecule has 0 aromatic heterocycles. The highest BCUT2D eigenvalue weighted by molar-refractivity contribution is 7.89. The highest BCUT2D eigenvalue weighted by Gasteiger charge is 2.32. The lowest BCUT2D eigenvalue weighted by atomic mass is 9.97. The van der Waals surface area contributed by atoms with Gasteiger partial charge in [0.1, 0.15) is 0 Å². The van der Waals surface area contributed by atoms with E-state index in [1.807, 2.05) is 31.2 Å². The van der Waals surface area contributed by atoms with Gasteiger partial charge in [0.05, 0.1) is 19.1 Å². The first-order chi connectivity index (χ1) is 14.3. The van der Waals surface area contributed by atoms with Gasteiger partial charge in [0.25, 0.3) is 0 Å². The van der Waals surface area contributed by atoms with Crippen molar-refractivity contribution < 1.29 is 22.7 Å². The van der Waals surface area contributed by atoms with Crippen LogP contribution in [0.15, 0.2) is 47.4 Å². The highest BCUT2D eigenvalue weighted by atomic mass is 32.2. The fourth-order valence-electron chi connectivity index (χ4n) is 3.64. The van der Waals surface area contributed by atoms with Crippen molar-refractivity contribution in [2.75, 3.05) is 27.3 Å². The summed E-state index contributed by atoms with van der Waals surface area (Å²) < 4.78 is 37.8. The maximum Gasteiger partial charge on any atom is 0.243 e. The normalized spacial score (nSPS) is 15.6. The van der Waals surface area contributed by atoms with Crippen molar-refractivity contribution in [1.82, 2.24) is 9.62 Å². The number of nitrogens with zero attached hydrogens (tertiary/aromatic N) is 1. The number of benzene rings is 2. The van der Waals surface area contributed by atoms with Gasteiger partial charge in [-0.3, -0.25) is 4.79 Å². The van der Waals surface area contributed by atoms with Crippen LogP contribution in [0.4, 0.5) is 0 Å². The van der Waals surface area contributed by atoms with Gasteiger partial charge in [-0.05, 0) is 37.5 Å². The SMILES string of the molecule is COc1ccc(S(=O)(=O)N2CCC(C(=O)NCc3cccc(C)c3)CC2)cc1OC. The summed E-state index contributed by atoms with van der Waals surface area (Å²) in [6, 6.07) is 12.6. The first kappa shape index (κ1) is 22.1. The van der Waals surface area contributed by atoms with Gasteiger partial charge in [-0.15, -0.1) is 0 Å². The van der Waals surface area contributed by atoms with Crippen molar-refractivity contribution in [3.05, 3.63) is 53.6 Å². The number of methoxy groups -OCH3 is 2. The summed E-state index contributed by atoms with van der Waals surface area (Å²) in [6.07, 6.45) is 0.984. The topological polar surface area (TPSA) is 84.9 Å². The van der Waals surface area contributed by atoms with Crippen LogP contribution >= 0.6 is 0 Å². The van der Waals surface area contributed by atoms with E-state index in [-0.39, 0.29) is 16.7 Å². The molecular formula is C22H28N2O5S. The van der Waals surface area contributed by atoms with Crippen molar-refractivity contribution in [2.45, 2.75) is 31.2 Å². The van der Waals surface area contributed by atoms with Crippen LogP contribution in [0.5, 0.6) is 11.5 Å². The number of rotatable bonds is 7. The maximum atomic E-state index is 13.0. The summed E-state index contributed by atoms with van der Waals surface area (Å²) in [5, 5.41) is 2.97. The Morgan fingerprint density at radius 3 is 2.40 bits per heavy atom. The monoisotopic (exact) mass is 432 g/mol. The lowest BCUT2D eigenvalue weighted by molar-refractivity contribution is -0.126. The van der Waals surface area contributed by atoms with Crippen LogP contribution in [-0.2, 0) is 21.4 Å². The summed E-state index contributed by atoms with van der Waals surface area (Å²) >= 11 is 0. The summed E-state index contributed by atoms with van der Waals surface area (Å²) in [4.78, 5) is 12.7. The quantitative estimate of drug-likeness (QED) is 0.727. The molecule has 7 nitrogen and oxygen atoms in total. The Kier molecular flexibility index (Phi) is 6.99. The van der Waals surface area contributed by atoms with Crippen LogP contribution in [0.1, 0.15) is 24.0 Å². The number of amides is 1. The zero-order chi connectivity index (χ0) is 21.7. The Labute approximate surface area is 178 Å². The molecule has 0 aliphatic carbocycles. The van der Waals surface area contributed by atoms with Crippen molar-refractivity contribution in [3.8, 4) is 11.5 Å². The van der Waals surface area contributed by atoms with Crippen molar-refractivity contribution >= 4 is 15.9 Å². The average molecular weight is 433 g/mol. The zero-order valence-electron chi connectivity index (χ0n) is 17.6. The molecule has 3 rings (SSSR count). The van der Waals surface area contributed by atoms with E-state index in [0.717, 1.165) is 11.1 Å². The average Bonchev–Trinajstić information content (AvgIpc) is 2.77.